The largest absolute Gasteiger partial charge is 0.478 e. The second kappa shape index (κ2) is 11.9. The zero-order chi connectivity index (χ0) is 23.1. The van der Waals surface area contributed by atoms with Crippen LogP contribution < -0.4 is 0 Å². The molecule has 2 fully saturated rings. The summed E-state index contributed by atoms with van der Waals surface area (Å²) in [6.07, 6.45) is 12.6. The number of benzene rings is 2. The Kier molecular flexibility index (Phi) is 9.19. The van der Waals surface area contributed by atoms with Crippen LogP contribution in [0.15, 0.2) is 36.4 Å². The van der Waals surface area contributed by atoms with Gasteiger partial charge in [0.05, 0.1) is 5.56 Å². The second-order valence-electron chi connectivity index (χ2n) is 9.00. The summed E-state index contributed by atoms with van der Waals surface area (Å²) in [7, 11) is 0. The van der Waals surface area contributed by atoms with Gasteiger partial charge in [-0.25, -0.2) is 4.79 Å². The number of ketones is 1. The summed E-state index contributed by atoms with van der Waals surface area (Å²) in [5.74, 6) is 0.278. The van der Waals surface area contributed by atoms with Crippen molar-refractivity contribution >= 4 is 35.0 Å². The summed E-state index contributed by atoms with van der Waals surface area (Å²) in [5, 5.41) is 10.2. The molecule has 0 bridgehead atoms. The number of carbonyl (C=O) groups is 2. The molecule has 1 N–H and O–H groups in total. The van der Waals surface area contributed by atoms with Crippen molar-refractivity contribution in [3.8, 4) is 0 Å². The minimum atomic E-state index is -0.919. The highest BCUT2D eigenvalue weighted by Crippen LogP contribution is 2.37. The first-order valence-corrected chi connectivity index (χ1v) is 12.5. The van der Waals surface area contributed by atoms with Gasteiger partial charge in [0.1, 0.15) is 0 Å². The fourth-order valence-electron chi connectivity index (χ4n) is 4.90. The van der Waals surface area contributed by atoms with Crippen LogP contribution in [-0.4, -0.2) is 16.9 Å². The Labute approximate surface area is 201 Å². The first-order valence-electron chi connectivity index (χ1n) is 11.7. The predicted molar refractivity (Wildman–Crippen MR) is 132 cm³/mol. The molecule has 0 amide bonds. The molecule has 0 atom stereocenters. The van der Waals surface area contributed by atoms with Gasteiger partial charge in [-0.05, 0) is 73.8 Å². The average Bonchev–Trinajstić information content (AvgIpc) is 2.80. The van der Waals surface area contributed by atoms with E-state index in [0.717, 1.165) is 10.6 Å². The fourth-order valence-corrected chi connectivity index (χ4v) is 5.57. The Morgan fingerprint density at radius 2 is 1.12 bits per heavy atom. The summed E-state index contributed by atoms with van der Waals surface area (Å²) in [4.78, 5) is 22.0. The predicted octanol–water partition coefficient (Wildman–Crippen LogP) is 8.68. The van der Waals surface area contributed by atoms with Crippen LogP contribution >= 0.6 is 23.2 Å². The molecule has 4 rings (SSSR count). The Hall–Kier alpha value is -1.84. The quantitative estimate of drug-likeness (QED) is 0.450. The molecule has 0 aromatic heterocycles. The summed E-state index contributed by atoms with van der Waals surface area (Å²) < 4.78 is 0. The Balaban J connectivity index is 0.000000181. The number of carbonyl (C=O) groups excluding carboxylic acids is 1. The normalized spacial score (nSPS) is 17.3. The van der Waals surface area contributed by atoms with Gasteiger partial charge in [0.2, 0.25) is 0 Å². The summed E-state index contributed by atoms with van der Waals surface area (Å²) in [6.45, 7) is 1.58. The summed E-state index contributed by atoms with van der Waals surface area (Å²) in [6, 6.07) is 10.8. The van der Waals surface area contributed by atoms with Crippen LogP contribution in [0.5, 0.6) is 0 Å². The molecule has 32 heavy (non-hydrogen) atoms. The highest BCUT2D eigenvalue weighted by atomic mass is 35.5. The zero-order valence-corrected chi connectivity index (χ0v) is 20.2. The lowest BCUT2D eigenvalue weighted by molar-refractivity contribution is 0.0696. The van der Waals surface area contributed by atoms with Gasteiger partial charge in [0.15, 0.2) is 5.78 Å². The van der Waals surface area contributed by atoms with Crippen LogP contribution in [0.25, 0.3) is 0 Å². The third-order valence-electron chi connectivity index (χ3n) is 6.74. The maximum Gasteiger partial charge on any atom is 0.335 e. The van der Waals surface area contributed by atoms with Crippen molar-refractivity contribution in [2.45, 2.75) is 83.0 Å². The highest BCUT2D eigenvalue weighted by molar-refractivity contribution is 6.32. The number of halogens is 2. The Morgan fingerprint density at radius 3 is 1.50 bits per heavy atom. The van der Waals surface area contributed by atoms with Crippen LogP contribution in [0.2, 0.25) is 10.0 Å². The molecular formula is C27H32Cl2O3. The molecule has 172 valence electrons. The van der Waals surface area contributed by atoms with Gasteiger partial charge in [-0.1, -0.05) is 79.9 Å². The number of hydrogen-bond acceptors (Lipinski definition) is 2. The summed E-state index contributed by atoms with van der Waals surface area (Å²) >= 11 is 12.4. The smallest absolute Gasteiger partial charge is 0.335 e. The zero-order valence-electron chi connectivity index (χ0n) is 18.7. The van der Waals surface area contributed by atoms with Crippen molar-refractivity contribution in [1.82, 2.24) is 0 Å². The van der Waals surface area contributed by atoms with Gasteiger partial charge in [-0.3, -0.25) is 4.79 Å². The fraction of sp³-hybridized carbons (Fsp3) is 0.481. The van der Waals surface area contributed by atoms with Crippen molar-refractivity contribution in [3.05, 3.63) is 68.7 Å². The molecule has 2 aromatic rings. The van der Waals surface area contributed by atoms with E-state index in [9.17, 15) is 9.59 Å². The first-order chi connectivity index (χ1) is 15.4. The van der Waals surface area contributed by atoms with E-state index in [2.05, 4.69) is 0 Å². The van der Waals surface area contributed by atoms with Gasteiger partial charge in [-0.2, -0.15) is 0 Å². The molecule has 0 spiro atoms. The highest BCUT2D eigenvalue weighted by Gasteiger charge is 2.19. The van der Waals surface area contributed by atoms with Crippen molar-refractivity contribution in [2.75, 3.05) is 0 Å². The van der Waals surface area contributed by atoms with E-state index in [-0.39, 0.29) is 11.3 Å². The number of rotatable bonds is 4. The third kappa shape index (κ3) is 6.59. The van der Waals surface area contributed by atoms with E-state index in [4.69, 9.17) is 28.3 Å². The second-order valence-corrected chi connectivity index (χ2v) is 9.82. The number of hydrogen-bond donors (Lipinski definition) is 1. The van der Waals surface area contributed by atoms with Crippen LogP contribution in [0.3, 0.4) is 0 Å². The van der Waals surface area contributed by atoms with Gasteiger partial charge >= 0.3 is 5.97 Å². The van der Waals surface area contributed by atoms with Crippen molar-refractivity contribution in [2.24, 2.45) is 0 Å². The summed E-state index contributed by atoms with van der Waals surface area (Å²) in [5.41, 5.74) is 3.33. The number of Topliss-reactive ketones (excluding diaryl/α,β-unsaturated/α-hetero) is 1. The van der Waals surface area contributed by atoms with Crippen molar-refractivity contribution < 1.29 is 14.7 Å². The van der Waals surface area contributed by atoms with Gasteiger partial charge in [-0.15, -0.1) is 0 Å². The standard InChI is InChI=1S/C14H17ClO.C13H15ClO2/c1-10(16)12-7-8-13(14(15)9-12)11-5-3-2-4-6-11;14-12-8-10(13(15)16)6-7-11(12)9-4-2-1-3-5-9/h7-9,11H,2-6H2,1H3;6-9H,1-5H2,(H,15,16). The van der Waals surface area contributed by atoms with Crippen LogP contribution in [-0.2, 0) is 0 Å². The molecule has 2 saturated carbocycles. The molecule has 0 radical (unpaired) electrons. The van der Waals surface area contributed by atoms with E-state index >= 15 is 0 Å². The topological polar surface area (TPSA) is 54.4 Å². The lowest BCUT2D eigenvalue weighted by Crippen LogP contribution is -2.06. The van der Waals surface area contributed by atoms with Gasteiger partial charge < -0.3 is 5.11 Å². The monoisotopic (exact) mass is 474 g/mol. The maximum absolute atomic E-state index is 11.2. The SMILES string of the molecule is CC(=O)c1ccc(C2CCCCC2)c(Cl)c1.O=C(O)c1ccc(C2CCCCC2)c(Cl)c1. The third-order valence-corrected chi connectivity index (χ3v) is 7.40. The van der Waals surface area contributed by atoms with E-state index in [1.807, 2.05) is 24.3 Å². The lowest BCUT2D eigenvalue weighted by Gasteiger charge is -2.23. The lowest BCUT2D eigenvalue weighted by atomic mass is 9.84. The van der Waals surface area contributed by atoms with Crippen molar-refractivity contribution in [1.29, 1.82) is 0 Å². The number of carboxylic acid groups (broad SMARTS) is 1. The van der Waals surface area contributed by atoms with E-state index in [1.165, 1.54) is 69.8 Å². The minimum absolute atomic E-state index is 0.0806. The molecule has 0 heterocycles. The molecular weight excluding hydrogens is 443 g/mol. The van der Waals surface area contributed by atoms with Crippen LogP contribution in [0.4, 0.5) is 0 Å². The van der Waals surface area contributed by atoms with Crippen LogP contribution in [0.1, 0.15) is 115 Å². The minimum Gasteiger partial charge on any atom is -0.478 e. The molecule has 2 aliphatic carbocycles. The Bertz CT molecular complexity index is 864. The average molecular weight is 475 g/mol. The molecule has 5 heteroatoms. The number of aromatic carboxylic acids is 1. The van der Waals surface area contributed by atoms with E-state index in [1.54, 1.807) is 19.1 Å². The van der Waals surface area contributed by atoms with E-state index in [0.29, 0.717) is 22.4 Å². The molecule has 0 unspecified atom stereocenters. The molecule has 0 saturated heterocycles. The first kappa shape index (κ1) is 24.8. The molecule has 0 aliphatic heterocycles. The Morgan fingerprint density at radius 1 is 0.719 bits per heavy atom. The maximum atomic E-state index is 11.2. The molecule has 2 aromatic carbocycles. The van der Waals surface area contributed by atoms with E-state index < -0.39 is 5.97 Å². The van der Waals surface area contributed by atoms with Crippen molar-refractivity contribution in [3.63, 3.8) is 0 Å². The van der Waals surface area contributed by atoms with Crippen LogP contribution in [0, 0.1) is 0 Å². The number of carboxylic acids is 1. The molecule has 2 aliphatic rings. The molecule has 3 nitrogen and oxygen atoms in total. The van der Waals surface area contributed by atoms with Gasteiger partial charge in [0.25, 0.3) is 0 Å². The van der Waals surface area contributed by atoms with Gasteiger partial charge in [0, 0.05) is 15.6 Å².